The van der Waals surface area contributed by atoms with Crippen LogP contribution in [0.1, 0.15) is 16.7 Å². The number of H-pyrrole nitrogens is 1. The molecule has 1 atom stereocenters. The molecule has 8 nitrogen and oxygen atoms in total. The fourth-order valence-corrected chi connectivity index (χ4v) is 5.54. The Balaban J connectivity index is 1.67. The number of nitrogens with two attached hydrogens (primary N) is 1. The third-order valence-corrected chi connectivity index (χ3v) is 7.28. The molecular weight excluding hydrogens is 511 g/mol. The highest BCUT2D eigenvalue weighted by atomic mass is 35.5. The monoisotopic (exact) mass is 530 g/mol. The second-order valence-corrected chi connectivity index (χ2v) is 9.24. The van der Waals surface area contributed by atoms with Gasteiger partial charge in [0.05, 0.1) is 24.9 Å². The molecule has 1 spiro atoms. The van der Waals surface area contributed by atoms with Crippen LogP contribution in [-0.2, 0) is 26.3 Å². The zero-order chi connectivity index (χ0) is 26.6. The van der Waals surface area contributed by atoms with Gasteiger partial charge in [-0.25, -0.2) is 9.18 Å². The number of fused-ring (bicyclic) bond motifs is 4. The van der Waals surface area contributed by atoms with Crippen LogP contribution < -0.4 is 15.4 Å². The molecule has 2 aliphatic rings. The van der Waals surface area contributed by atoms with Gasteiger partial charge in [0, 0.05) is 27.4 Å². The van der Waals surface area contributed by atoms with Crippen LogP contribution in [0.15, 0.2) is 84.3 Å². The molecule has 0 saturated heterocycles. The SMILES string of the molecule is COC(=O)C1=C(N)Oc2n[nH]c(-c3ccccc3)c2[C@]12C(=O)N(Cc1c(F)cccc1Cl)c1ccccc12. The van der Waals surface area contributed by atoms with Crippen molar-refractivity contribution < 1.29 is 23.5 Å². The Bertz CT molecular complexity index is 1630. The van der Waals surface area contributed by atoms with Crippen LogP contribution in [0.4, 0.5) is 10.1 Å². The van der Waals surface area contributed by atoms with Crippen molar-refractivity contribution in [3.8, 4) is 17.1 Å². The number of esters is 1. The minimum Gasteiger partial charge on any atom is -0.465 e. The summed E-state index contributed by atoms with van der Waals surface area (Å²) < 4.78 is 25.7. The maximum Gasteiger partial charge on any atom is 0.340 e. The maximum atomic E-state index is 14.9. The lowest BCUT2D eigenvalue weighted by Gasteiger charge is -2.34. The first kappa shape index (κ1) is 23.7. The number of benzene rings is 3. The standard InChI is InChI=1S/C28H20ClFN4O4/c1-37-26(35)22-24(31)38-25-21(23(32-33-25)15-8-3-2-4-9-15)28(22)17-10-5-6-13-20(17)34(27(28)36)14-16-18(29)11-7-12-19(16)30/h2-13H,14,31H2,1H3,(H,32,33)/t28-/m0/s1. The first-order chi connectivity index (χ1) is 18.4. The number of amides is 1. The highest BCUT2D eigenvalue weighted by molar-refractivity contribution is 6.31. The zero-order valence-electron chi connectivity index (χ0n) is 20.0. The number of hydrogen-bond donors (Lipinski definition) is 2. The van der Waals surface area contributed by atoms with Crippen molar-refractivity contribution >= 4 is 29.2 Å². The molecule has 10 heteroatoms. The van der Waals surface area contributed by atoms with Gasteiger partial charge in [0.2, 0.25) is 17.7 Å². The summed E-state index contributed by atoms with van der Waals surface area (Å²) in [7, 11) is 1.20. The highest BCUT2D eigenvalue weighted by Crippen LogP contribution is 2.57. The number of methoxy groups -OCH3 is 1. The number of para-hydroxylation sites is 1. The number of aromatic amines is 1. The average Bonchev–Trinajstić information content (AvgIpc) is 3.45. The van der Waals surface area contributed by atoms with Crippen molar-refractivity contribution in [3.05, 3.63) is 112 Å². The Morgan fingerprint density at radius 2 is 1.87 bits per heavy atom. The third-order valence-electron chi connectivity index (χ3n) is 6.93. The summed E-state index contributed by atoms with van der Waals surface area (Å²) in [6, 6.07) is 20.5. The molecule has 3 N–H and O–H groups in total. The van der Waals surface area contributed by atoms with E-state index in [1.807, 2.05) is 30.3 Å². The molecule has 2 aliphatic heterocycles. The van der Waals surface area contributed by atoms with Crippen LogP contribution in [0.25, 0.3) is 11.3 Å². The van der Waals surface area contributed by atoms with Crippen LogP contribution in [0, 0.1) is 5.82 Å². The third kappa shape index (κ3) is 3.18. The summed E-state index contributed by atoms with van der Waals surface area (Å²) in [5.74, 6) is -2.23. The fourth-order valence-electron chi connectivity index (χ4n) is 5.32. The van der Waals surface area contributed by atoms with Crippen molar-refractivity contribution in [1.29, 1.82) is 0 Å². The van der Waals surface area contributed by atoms with Crippen molar-refractivity contribution in [2.45, 2.75) is 12.0 Å². The number of nitrogens with zero attached hydrogens (tertiary/aromatic N) is 2. The number of hydrogen-bond acceptors (Lipinski definition) is 6. The summed E-state index contributed by atoms with van der Waals surface area (Å²) in [5.41, 5.74) is 6.81. The lowest BCUT2D eigenvalue weighted by molar-refractivity contribution is -0.138. The van der Waals surface area contributed by atoms with E-state index in [0.717, 1.165) is 0 Å². The van der Waals surface area contributed by atoms with Gasteiger partial charge < -0.3 is 20.1 Å². The zero-order valence-corrected chi connectivity index (χ0v) is 20.8. The molecular formula is C28H20ClFN4O4. The lowest BCUT2D eigenvalue weighted by atomic mass is 9.68. The first-order valence-corrected chi connectivity index (χ1v) is 12.0. The molecule has 38 heavy (non-hydrogen) atoms. The van der Waals surface area contributed by atoms with E-state index in [1.54, 1.807) is 30.3 Å². The average molecular weight is 531 g/mol. The van der Waals surface area contributed by atoms with E-state index < -0.39 is 23.1 Å². The summed E-state index contributed by atoms with van der Waals surface area (Å²) in [6.45, 7) is -0.188. The number of carbonyl (C=O) groups is 2. The smallest absolute Gasteiger partial charge is 0.340 e. The molecule has 1 amide bonds. The van der Waals surface area contributed by atoms with Gasteiger partial charge in [-0.1, -0.05) is 66.2 Å². The van der Waals surface area contributed by atoms with Gasteiger partial charge in [-0.2, -0.15) is 0 Å². The molecule has 3 heterocycles. The molecule has 1 aromatic heterocycles. The number of rotatable bonds is 4. The molecule has 0 aliphatic carbocycles. The minimum absolute atomic E-state index is 0.0444. The Hall–Kier alpha value is -4.63. The molecule has 0 bridgehead atoms. The molecule has 0 unspecified atom stereocenters. The van der Waals surface area contributed by atoms with Gasteiger partial charge in [0.15, 0.2) is 0 Å². The summed E-state index contributed by atoms with van der Waals surface area (Å²) >= 11 is 6.34. The predicted octanol–water partition coefficient (Wildman–Crippen LogP) is 4.44. The molecule has 6 rings (SSSR count). The maximum absolute atomic E-state index is 14.9. The van der Waals surface area contributed by atoms with Crippen LogP contribution in [-0.4, -0.2) is 29.2 Å². The summed E-state index contributed by atoms with van der Waals surface area (Å²) in [4.78, 5) is 29.5. The number of anilines is 1. The van der Waals surface area contributed by atoms with Gasteiger partial charge in [-0.05, 0) is 18.2 Å². The second kappa shape index (κ2) is 8.74. The lowest BCUT2D eigenvalue weighted by Crippen LogP contribution is -2.48. The Kier molecular flexibility index (Phi) is 5.46. The largest absolute Gasteiger partial charge is 0.465 e. The Morgan fingerprint density at radius 1 is 1.13 bits per heavy atom. The Labute approximate surface area is 221 Å². The van der Waals surface area contributed by atoms with Crippen molar-refractivity contribution in [2.75, 3.05) is 12.0 Å². The molecule has 0 saturated carbocycles. The fraction of sp³-hybridized carbons (Fsp3) is 0.107. The van der Waals surface area contributed by atoms with Crippen molar-refractivity contribution in [2.24, 2.45) is 5.73 Å². The topological polar surface area (TPSA) is 111 Å². The number of ether oxygens (including phenoxy) is 2. The molecule has 190 valence electrons. The second-order valence-electron chi connectivity index (χ2n) is 8.84. The van der Waals surface area contributed by atoms with E-state index >= 15 is 0 Å². The van der Waals surface area contributed by atoms with Gasteiger partial charge in [0.25, 0.3) is 0 Å². The van der Waals surface area contributed by atoms with Crippen molar-refractivity contribution in [1.82, 2.24) is 10.2 Å². The molecule has 4 aromatic rings. The number of aromatic nitrogens is 2. The molecule has 3 aromatic carbocycles. The number of nitrogens with one attached hydrogen (secondary N) is 1. The van der Waals surface area contributed by atoms with Crippen LogP contribution >= 0.6 is 11.6 Å². The van der Waals surface area contributed by atoms with E-state index in [-0.39, 0.29) is 34.5 Å². The first-order valence-electron chi connectivity index (χ1n) is 11.6. The number of carbonyl (C=O) groups excluding carboxylic acids is 2. The molecule has 0 fully saturated rings. The highest BCUT2D eigenvalue weighted by Gasteiger charge is 2.63. The van der Waals surface area contributed by atoms with Gasteiger partial charge in [-0.3, -0.25) is 9.89 Å². The quantitative estimate of drug-likeness (QED) is 0.377. The van der Waals surface area contributed by atoms with Crippen LogP contribution in [0.3, 0.4) is 0 Å². The van der Waals surface area contributed by atoms with E-state index in [9.17, 15) is 14.0 Å². The van der Waals surface area contributed by atoms with Crippen molar-refractivity contribution in [3.63, 3.8) is 0 Å². The van der Waals surface area contributed by atoms with Gasteiger partial charge >= 0.3 is 5.97 Å². The van der Waals surface area contributed by atoms with E-state index in [4.69, 9.17) is 26.8 Å². The number of halogens is 2. The normalized spacial score (nSPS) is 17.9. The van der Waals surface area contributed by atoms with Crippen LogP contribution in [0.5, 0.6) is 5.88 Å². The summed E-state index contributed by atoms with van der Waals surface area (Å²) in [5, 5.41) is 7.42. The van der Waals surface area contributed by atoms with E-state index in [2.05, 4.69) is 10.2 Å². The summed E-state index contributed by atoms with van der Waals surface area (Å²) in [6.07, 6.45) is 0. The molecule has 0 radical (unpaired) electrons. The van der Waals surface area contributed by atoms with Gasteiger partial charge in [-0.15, -0.1) is 5.10 Å². The van der Waals surface area contributed by atoms with Crippen LogP contribution in [0.2, 0.25) is 5.02 Å². The van der Waals surface area contributed by atoms with E-state index in [1.165, 1.54) is 24.1 Å². The minimum atomic E-state index is -1.79. The Morgan fingerprint density at radius 3 is 2.61 bits per heavy atom. The van der Waals surface area contributed by atoms with E-state index in [0.29, 0.717) is 28.1 Å². The predicted molar refractivity (Wildman–Crippen MR) is 138 cm³/mol. The van der Waals surface area contributed by atoms with Gasteiger partial charge in [0.1, 0.15) is 16.8 Å².